The van der Waals surface area contributed by atoms with Gasteiger partial charge in [-0.1, -0.05) is 19.9 Å². The van der Waals surface area contributed by atoms with E-state index in [1.54, 1.807) is 19.1 Å². The molecule has 0 bridgehead atoms. The highest BCUT2D eigenvalue weighted by Crippen LogP contribution is 2.24. The zero-order chi connectivity index (χ0) is 13.8. The number of rotatable bonds is 6. The van der Waals surface area contributed by atoms with Gasteiger partial charge in [0.05, 0.1) is 11.2 Å². The lowest BCUT2D eigenvalue weighted by Crippen LogP contribution is -2.34. The molecule has 0 fully saturated rings. The molecule has 1 aromatic carbocycles. The molecule has 0 atom stereocenters. The van der Waals surface area contributed by atoms with Crippen molar-refractivity contribution in [1.82, 2.24) is 0 Å². The zero-order valence-corrected chi connectivity index (χ0v) is 11.1. The fourth-order valence-corrected chi connectivity index (χ4v) is 1.67. The second-order valence-electron chi connectivity index (χ2n) is 4.45. The van der Waals surface area contributed by atoms with Crippen molar-refractivity contribution in [1.29, 1.82) is 0 Å². The van der Waals surface area contributed by atoms with Gasteiger partial charge in [0.2, 0.25) is 0 Å². The van der Waals surface area contributed by atoms with E-state index in [0.717, 1.165) is 0 Å². The minimum Gasteiger partial charge on any atom is -0.490 e. The SMILES string of the molecule is CCC(O)(CC)COc1cccc(C(=O)O)c1C. The molecule has 1 aromatic rings. The van der Waals surface area contributed by atoms with Gasteiger partial charge < -0.3 is 14.9 Å². The molecule has 2 N–H and O–H groups in total. The molecule has 4 heteroatoms. The Balaban J connectivity index is 2.86. The van der Waals surface area contributed by atoms with Crippen LogP contribution in [0.3, 0.4) is 0 Å². The van der Waals surface area contributed by atoms with E-state index in [9.17, 15) is 9.90 Å². The highest BCUT2D eigenvalue weighted by Gasteiger charge is 2.23. The molecule has 0 unspecified atom stereocenters. The molecule has 0 saturated heterocycles. The van der Waals surface area contributed by atoms with E-state index in [-0.39, 0.29) is 12.2 Å². The number of benzene rings is 1. The number of carboxylic acids is 1. The third kappa shape index (κ3) is 3.23. The fraction of sp³-hybridized carbons (Fsp3) is 0.500. The summed E-state index contributed by atoms with van der Waals surface area (Å²) >= 11 is 0. The molecule has 0 spiro atoms. The second-order valence-corrected chi connectivity index (χ2v) is 4.45. The standard InChI is InChI=1S/C14H20O4/c1-4-14(17,5-2)9-18-12-8-6-7-11(10(12)3)13(15)16/h6-8,17H,4-5,9H2,1-3H3,(H,15,16). The van der Waals surface area contributed by atoms with Crippen LogP contribution < -0.4 is 4.74 Å². The van der Waals surface area contributed by atoms with Gasteiger partial charge in [-0.05, 0) is 31.9 Å². The van der Waals surface area contributed by atoms with Gasteiger partial charge in [-0.3, -0.25) is 0 Å². The maximum absolute atomic E-state index is 11.0. The van der Waals surface area contributed by atoms with Crippen LogP contribution in [-0.2, 0) is 0 Å². The van der Waals surface area contributed by atoms with Crippen LogP contribution in [0.2, 0.25) is 0 Å². The van der Waals surface area contributed by atoms with Gasteiger partial charge in [-0.15, -0.1) is 0 Å². The monoisotopic (exact) mass is 252 g/mol. The maximum Gasteiger partial charge on any atom is 0.336 e. The highest BCUT2D eigenvalue weighted by atomic mass is 16.5. The molecule has 0 heterocycles. The molecule has 0 amide bonds. The third-order valence-electron chi connectivity index (χ3n) is 3.33. The van der Waals surface area contributed by atoms with Crippen molar-refractivity contribution in [3.63, 3.8) is 0 Å². The topological polar surface area (TPSA) is 66.8 Å². The highest BCUT2D eigenvalue weighted by molar-refractivity contribution is 5.90. The molecule has 0 aromatic heterocycles. The van der Waals surface area contributed by atoms with Gasteiger partial charge in [0.1, 0.15) is 12.4 Å². The first-order chi connectivity index (χ1) is 8.43. The summed E-state index contributed by atoms with van der Waals surface area (Å²) in [6.07, 6.45) is 1.20. The van der Waals surface area contributed by atoms with Crippen LogP contribution in [0.25, 0.3) is 0 Å². The molecule has 0 radical (unpaired) electrons. The number of ether oxygens (including phenoxy) is 1. The zero-order valence-electron chi connectivity index (χ0n) is 11.1. The molecule has 0 aliphatic rings. The summed E-state index contributed by atoms with van der Waals surface area (Å²) in [4.78, 5) is 11.0. The van der Waals surface area contributed by atoms with Crippen molar-refractivity contribution < 1.29 is 19.7 Å². The van der Waals surface area contributed by atoms with Crippen LogP contribution in [0, 0.1) is 6.92 Å². The molecule has 4 nitrogen and oxygen atoms in total. The van der Waals surface area contributed by atoms with Gasteiger partial charge in [0.25, 0.3) is 0 Å². The molecule has 0 saturated carbocycles. The van der Waals surface area contributed by atoms with Crippen molar-refractivity contribution in [3.8, 4) is 5.75 Å². The first-order valence-corrected chi connectivity index (χ1v) is 6.11. The Kier molecular flexibility index (Phi) is 4.73. The Bertz CT molecular complexity index is 422. The van der Waals surface area contributed by atoms with Crippen LogP contribution in [0.5, 0.6) is 5.75 Å². The van der Waals surface area contributed by atoms with E-state index >= 15 is 0 Å². The van der Waals surface area contributed by atoms with E-state index < -0.39 is 11.6 Å². The van der Waals surface area contributed by atoms with Crippen LogP contribution >= 0.6 is 0 Å². The summed E-state index contributed by atoms with van der Waals surface area (Å²) in [5.74, 6) is -0.464. The van der Waals surface area contributed by atoms with E-state index in [2.05, 4.69) is 0 Å². The van der Waals surface area contributed by atoms with Crippen molar-refractivity contribution in [2.45, 2.75) is 39.2 Å². The lowest BCUT2D eigenvalue weighted by Gasteiger charge is -2.25. The Hall–Kier alpha value is -1.55. The first-order valence-electron chi connectivity index (χ1n) is 6.11. The number of carbonyl (C=O) groups is 1. The summed E-state index contributed by atoms with van der Waals surface area (Å²) in [6.45, 7) is 5.67. The number of hydrogen-bond acceptors (Lipinski definition) is 3. The Morgan fingerprint density at radius 2 is 1.94 bits per heavy atom. The predicted octanol–water partition coefficient (Wildman–Crippen LogP) is 2.62. The molecule has 100 valence electrons. The van der Waals surface area contributed by atoms with E-state index in [1.807, 2.05) is 13.8 Å². The van der Waals surface area contributed by atoms with Gasteiger partial charge in [-0.25, -0.2) is 4.79 Å². The average Bonchev–Trinajstić information content (AvgIpc) is 2.37. The predicted molar refractivity (Wildman–Crippen MR) is 69.2 cm³/mol. The molecule has 0 aliphatic heterocycles. The van der Waals surface area contributed by atoms with Gasteiger partial charge >= 0.3 is 5.97 Å². The summed E-state index contributed by atoms with van der Waals surface area (Å²) < 4.78 is 5.56. The van der Waals surface area contributed by atoms with Crippen molar-refractivity contribution in [2.75, 3.05) is 6.61 Å². The quantitative estimate of drug-likeness (QED) is 0.816. The first kappa shape index (κ1) is 14.5. The average molecular weight is 252 g/mol. The smallest absolute Gasteiger partial charge is 0.336 e. The van der Waals surface area contributed by atoms with E-state index in [1.165, 1.54) is 6.07 Å². The van der Waals surface area contributed by atoms with Gasteiger partial charge in [0.15, 0.2) is 0 Å². The summed E-state index contributed by atoms with van der Waals surface area (Å²) in [7, 11) is 0. The van der Waals surface area contributed by atoms with Crippen molar-refractivity contribution in [3.05, 3.63) is 29.3 Å². The normalized spacial score (nSPS) is 11.3. The Morgan fingerprint density at radius 3 is 2.44 bits per heavy atom. The summed E-state index contributed by atoms with van der Waals surface area (Å²) in [6, 6.07) is 4.90. The molecular formula is C14H20O4. The fourth-order valence-electron chi connectivity index (χ4n) is 1.67. The van der Waals surface area contributed by atoms with Crippen LogP contribution in [0.15, 0.2) is 18.2 Å². The number of aromatic carboxylic acids is 1. The number of hydrogen-bond donors (Lipinski definition) is 2. The van der Waals surface area contributed by atoms with E-state index in [0.29, 0.717) is 24.2 Å². The third-order valence-corrected chi connectivity index (χ3v) is 3.33. The van der Waals surface area contributed by atoms with Crippen molar-refractivity contribution in [2.24, 2.45) is 0 Å². The minimum atomic E-state index is -0.973. The largest absolute Gasteiger partial charge is 0.490 e. The molecular weight excluding hydrogens is 232 g/mol. The van der Waals surface area contributed by atoms with Crippen LogP contribution in [0.1, 0.15) is 42.6 Å². The summed E-state index contributed by atoms with van der Waals surface area (Å²) in [5, 5.41) is 19.1. The molecule has 0 aliphatic carbocycles. The Morgan fingerprint density at radius 1 is 1.33 bits per heavy atom. The van der Waals surface area contributed by atoms with Crippen molar-refractivity contribution >= 4 is 5.97 Å². The Labute approximate surface area is 107 Å². The number of aliphatic hydroxyl groups is 1. The number of carboxylic acid groups (broad SMARTS) is 1. The van der Waals surface area contributed by atoms with Crippen LogP contribution in [-0.4, -0.2) is 28.4 Å². The maximum atomic E-state index is 11.0. The lowest BCUT2D eigenvalue weighted by molar-refractivity contribution is -0.0115. The summed E-state index contributed by atoms with van der Waals surface area (Å²) in [5.41, 5.74) is -0.0466. The second kappa shape index (κ2) is 5.87. The van der Waals surface area contributed by atoms with Gasteiger partial charge in [0, 0.05) is 5.56 Å². The van der Waals surface area contributed by atoms with Crippen LogP contribution in [0.4, 0.5) is 0 Å². The molecule has 18 heavy (non-hydrogen) atoms. The lowest BCUT2D eigenvalue weighted by atomic mass is 9.99. The van der Waals surface area contributed by atoms with E-state index in [4.69, 9.17) is 9.84 Å². The van der Waals surface area contributed by atoms with Gasteiger partial charge in [-0.2, -0.15) is 0 Å². The molecule has 1 rings (SSSR count). The minimum absolute atomic E-state index is 0.171.